The van der Waals surface area contributed by atoms with Crippen molar-refractivity contribution in [2.45, 2.75) is 38.8 Å². The van der Waals surface area contributed by atoms with Gasteiger partial charge in [0.25, 0.3) is 5.91 Å². The fraction of sp³-hybridized carbons (Fsp3) is 0.632. The summed E-state index contributed by atoms with van der Waals surface area (Å²) in [6, 6.07) is 1.37. The van der Waals surface area contributed by atoms with Crippen LogP contribution in [0, 0.1) is 11.8 Å². The van der Waals surface area contributed by atoms with Crippen molar-refractivity contribution in [1.29, 1.82) is 0 Å². The van der Waals surface area contributed by atoms with Gasteiger partial charge >= 0.3 is 0 Å². The number of hydrogen-bond acceptors (Lipinski definition) is 5. The summed E-state index contributed by atoms with van der Waals surface area (Å²) < 4.78 is 6.80. The molecule has 148 valence electrons. The fourth-order valence-corrected chi connectivity index (χ4v) is 3.63. The molecule has 0 aromatic carbocycles. The Labute approximate surface area is 167 Å². The highest BCUT2D eigenvalue weighted by molar-refractivity contribution is 9.10. The summed E-state index contributed by atoms with van der Waals surface area (Å²) in [4.78, 5) is 33.1. The number of carbonyl (C=O) groups is 2. The number of nitrogens with zero attached hydrogens (tertiary/aromatic N) is 3. The molecule has 0 unspecified atom stereocenters. The SMILES string of the molecule is C[C@@H]1CN([C@@H](C)CO)C(=O)c2cc(Br)cnc2O[C@@H]1CN(C)C(=O)C1CC1. The van der Waals surface area contributed by atoms with Crippen LogP contribution in [0.5, 0.6) is 5.88 Å². The molecule has 0 bridgehead atoms. The van der Waals surface area contributed by atoms with Gasteiger partial charge in [0.2, 0.25) is 11.8 Å². The molecule has 1 fully saturated rings. The Bertz CT molecular complexity index is 725. The maximum atomic E-state index is 13.0. The van der Waals surface area contributed by atoms with E-state index in [1.54, 1.807) is 29.1 Å². The molecular formula is C19H26BrN3O4. The number of amides is 2. The van der Waals surface area contributed by atoms with Crippen LogP contribution in [0.15, 0.2) is 16.7 Å². The third-order valence-electron chi connectivity index (χ3n) is 5.24. The van der Waals surface area contributed by atoms with Crippen LogP contribution in [-0.4, -0.2) is 70.6 Å². The Morgan fingerprint density at radius 3 is 2.85 bits per heavy atom. The lowest BCUT2D eigenvalue weighted by atomic mass is 10.00. The van der Waals surface area contributed by atoms with Crippen LogP contribution in [0.4, 0.5) is 0 Å². The highest BCUT2D eigenvalue weighted by Crippen LogP contribution is 2.32. The zero-order chi connectivity index (χ0) is 19.7. The van der Waals surface area contributed by atoms with Crippen molar-refractivity contribution in [3.05, 3.63) is 22.3 Å². The van der Waals surface area contributed by atoms with Crippen LogP contribution in [0.25, 0.3) is 0 Å². The fourth-order valence-electron chi connectivity index (χ4n) is 3.30. The molecule has 1 N–H and O–H groups in total. The standard InChI is InChI=1S/C19H26BrN3O4/c1-11-8-23(12(2)10-24)19(26)15-6-14(20)7-21-17(15)27-16(11)9-22(3)18(25)13-4-5-13/h6-7,11-13,16,24H,4-5,8-10H2,1-3H3/t11-,12+,16-/m1/s1. The summed E-state index contributed by atoms with van der Waals surface area (Å²) in [6.45, 7) is 4.55. The van der Waals surface area contributed by atoms with Gasteiger partial charge in [-0.05, 0) is 41.8 Å². The summed E-state index contributed by atoms with van der Waals surface area (Å²) in [5, 5.41) is 9.60. The van der Waals surface area contributed by atoms with Crippen molar-refractivity contribution >= 4 is 27.7 Å². The van der Waals surface area contributed by atoms with E-state index in [1.165, 1.54) is 0 Å². The monoisotopic (exact) mass is 439 g/mol. The highest BCUT2D eigenvalue weighted by Gasteiger charge is 2.37. The summed E-state index contributed by atoms with van der Waals surface area (Å²) >= 11 is 3.36. The average Bonchev–Trinajstić information content (AvgIpc) is 3.49. The van der Waals surface area contributed by atoms with E-state index in [1.807, 2.05) is 13.8 Å². The third kappa shape index (κ3) is 4.43. The van der Waals surface area contributed by atoms with E-state index in [4.69, 9.17) is 4.74 Å². The first-order valence-electron chi connectivity index (χ1n) is 9.30. The van der Waals surface area contributed by atoms with Crippen molar-refractivity contribution in [2.24, 2.45) is 11.8 Å². The molecule has 2 heterocycles. The lowest BCUT2D eigenvalue weighted by Gasteiger charge is -2.37. The zero-order valence-electron chi connectivity index (χ0n) is 15.9. The number of aromatic nitrogens is 1. The van der Waals surface area contributed by atoms with Crippen LogP contribution >= 0.6 is 15.9 Å². The average molecular weight is 440 g/mol. The molecule has 2 amide bonds. The summed E-state index contributed by atoms with van der Waals surface area (Å²) in [6.07, 6.45) is 3.21. The molecule has 1 aliphatic heterocycles. The molecule has 8 heteroatoms. The largest absolute Gasteiger partial charge is 0.472 e. The molecule has 2 aliphatic rings. The molecule has 1 saturated carbocycles. The topological polar surface area (TPSA) is 83.0 Å². The van der Waals surface area contributed by atoms with Gasteiger partial charge in [0, 0.05) is 36.1 Å². The van der Waals surface area contributed by atoms with Crippen LogP contribution in [0.2, 0.25) is 0 Å². The lowest BCUT2D eigenvalue weighted by molar-refractivity contribution is -0.132. The highest BCUT2D eigenvalue weighted by atomic mass is 79.9. The van der Waals surface area contributed by atoms with Crippen molar-refractivity contribution in [3.8, 4) is 5.88 Å². The number of rotatable bonds is 5. The number of fused-ring (bicyclic) bond motifs is 1. The second-order valence-electron chi connectivity index (χ2n) is 7.62. The Morgan fingerprint density at radius 2 is 2.22 bits per heavy atom. The second kappa shape index (κ2) is 8.14. The maximum Gasteiger partial charge on any atom is 0.259 e. The molecular weight excluding hydrogens is 414 g/mol. The predicted octanol–water partition coefficient (Wildman–Crippen LogP) is 1.93. The second-order valence-corrected chi connectivity index (χ2v) is 8.54. The quantitative estimate of drug-likeness (QED) is 0.757. The molecule has 27 heavy (non-hydrogen) atoms. The van der Waals surface area contributed by atoms with Gasteiger partial charge in [-0.2, -0.15) is 0 Å². The van der Waals surface area contributed by atoms with E-state index >= 15 is 0 Å². The third-order valence-corrected chi connectivity index (χ3v) is 5.68. The van der Waals surface area contributed by atoms with E-state index < -0.39 is 0 Å². The minimum atomic E-state index is -0.323. The van der Waals surface area contributed by atoms with Gasteiger partial charge in [0.15, 0.2) is 0 Å². The van der Waals surface area contributed by atoms with E-state index in [9.17, 15) is 14.7 Å². The number of aliphatic hydroxyl groups excluding tert-OH is 1. The summed E-state index contributed by atoms with van der Waals surface area (Å²) in [5.41, 5.74) is 0.359. The number of hydrogen-bond donors (Lipinski definition) is 1. The Balaban J connectivity index is 1.90. The normalized spacial score (nSPS) is 23.7. The van der Waals surface area contributed by atoms with E-state index in [2.05, 4.69) is 20.9 Å². The Hall–Kier alpha value is -1.67. The molecule has 0 saturated heterocycles. The molecule has 3 rings (SSSR count). The maximum absolute atomic E-state index is 13.0. The molecule has 7 nitrogen and oxygen atoms in total. The molecule has 0 radical (unpaired) electrons. The minimum Gasteiger partial charge on any atom is -0.472 e. The van der Waals surface area contributed by atoms with Gasteiger partial charge in [-0.3, -0.25) is 9.59 Å². The number of ether oxygens (including phenoxy) is 1. The summed E-state index contributed by atoms with van der Waals surface area (Å²) in [7, 11) is 1.80. The number of carbonyl (C=O) groups excluding carboxylic acids is 2. The van der Waals surface area contributed by atoms with Crippen LogP contribution in [0.3, 0.4) is 0 Å². The van der Waals surface area contributed by atoms with Gasteiger partial charge in [-0.15, -0.1) is 0 Å². The molecule has 0 spiro atoms. The smallest absolute Gasteiger partial charge is 0.259 e. The molecule has 1 aromatic heterocycles. The van der Waals surface area contributed by atoms with E-state index in [0.29, 0.717) is 23.1 Å². The van der Waals surface area contributed by atoms with Gasteiger partial charge in [0.1, 0.15) is 11.7 Å². The van der Waals surface area contributed by atoms with Crippen molar-refractivity contribution in [1.82, 2.24) is 14.8 Å². The molecule has 1 aliphatic carbocycles. The Kier molecular flexibility index (Phi) is 6.05. The molecule has 1 aromatic rings. The predicted molar refractivity (Wildman–Crippen MR) is 103 cm³/mol. The van der Waals surface area contributed by atoms with Crippen molar-refractivity contribution in [3.63, 3.8) is 0 Å². The summed E-state index contributed by atoms with van der Waals surface area (Å²) in [5.74, 6) is 0.312. The van der Waals surface area contributed by atoms with E-state index in [0.717, 1.165) is 12.8 Å². The van der Waals surface area contributed by atoms with E-state index in [-0.39, 0.29) is 48.3 Å². The van der Waals surface area contributed by atoms with Crippen molar-refractivity contribution in [2.75, 3.05) is 26.7 Å². The number of likely N-dealkylation sites (N-methyl/N-ethyl adjacent to an activating group) is 1. The van der Waals surface area contributed by atoms with Gasteiger partial charge in [-0.1, -0.05) is 6.92 Å². The van der Waals surface area contributed by atoms with Gasteiger partial charge in [-0.25, -0.2) is 4.98 Å². The number of pyridine rings is 1. The van der Waals surface area contributed by atoms with Gasteiger partial charge in [0.05, 0.1) is 19.2 Å². The Morgan fingerprint density at radius 1 is 1.52 bits per heavy atom. The minimum absolute atomic E-state index is 0.0315. The van der Waals surface area contributed by atoms with Crippen molar-refractivity contribution < 1.29 is 19.4 Å². The zero-order valence-corrected chi connectivity index (χ0v) is 17.5. The first-order chi connectivity index (χ1) is 12.8. The van der Waals surface area contributed by atoms with Gasteiger partial charge < -0.3 is 19.6 Å². The first kappa shape index (κ1) is 20.1. The number of halogens is 1. The lowest BCUT2D eigenvalue weighted by Crippen LogP contribution is -2.50. The van der Waals surface area contributed by atoms with Crippen LogP contribution in [0.1, 0.15) is 37.0 Å². The van der Waals surface area contributed by atoms with Crippen LogP contribution < -0.4 is 4.74 Å². The number of aliphatic hydroxyl groups is 1. The van der Waals surface area contributed by atoms with Crippen LogP contribution in [-0.2, 0) is 4.79 Å². The first-order valence-corrected chi connectivity index (χ1v) is 10.1. The molecule has 3 atom stereocenters.